The van der Waals surface area contributed by atoms with Crippen LogP contribution < -0.4 is 0 Å². The van der Waals surface area contributed by atoms with Gasteiger partial charge in [-0.05, 0) is 37.0 Å². The summed E-state index contributed by atoms with van der Waals surface area (Å²) in [5, 5.41) is 0. The van der Waals surface area contributed by atoms with E-state index in [1.165, 1.54) is 199 Å². The van der Waals surface area contributed by atoms with E-state index in [1.807, 2.05) is 0 Å². The fourth-order valence-corrected chi connectivity index (χ4v) is 8.82. The molecule has 6 heteroatoms. The molecule has 0 saturated carbocycles. The van der Waals surface area contributed by atoms with Crippen LogP contribution in [0, 0.1) is 17.8 Å². The summed E-state index contributed by atoms with van der Waals surface area (Å²) in [5.74, 6) is 1.61. The van der Waals surface area contributed by atoms with Gasteiger partial charge in [0.25, 0.3) is 0 Å². The van der Waals surface area contributed by atoms with Crippen LogP contribution in [0.15, 0.2) is 0 Å². The highest BCUT2D eigenvalue weighted by atomic mass is 16.6. The van der Waals surface area contributed by atoms with Gasteiger partial charge in [0.05, 0.1) is 0 Å². The molecule has 0 spiro atoms. The molecule has 1 atom stereocenters. The molecule has 0 N–H and O–H groups in total. The van der Waals surface area contributed by atoms with Gasteiger partial charge in [0.2, 0.25) is 0 Å². The van der Waals surface area contributed by atoms with E-state index in [0.29, 0.717) is 19.3 Å². The van der Waals surface area contributed by atoms with Crippen molar-refractivity contribution < 1.29 is 28.6 Å². The van der Waals surface area contributed by atoms with E-state index in [0.717, 1.165) is 75.5 Å². The van der Waals surface area contributed by atoms with Crippen molar-refractivity contribution in [2.45, 2.75) is 324 Å². The molecule has 6 nitrogen and oxygen atoms in total. The van der Waals surface area contributed by atoms with Gasteiger partial charge < -0.3 is 14.2 Å². The molecule has 0 amide bonds. The van der Waals surface area contributed by atoms with Crippen LogP contribution in [0.5, 0.6) is 0 Å². The molecule has 0 heterocycles. The van der Waals surface area contributed by atoms with E-state index in [-0.39, 0.29) is 31.1 Å². The second kappa shape index (κ2) is 49.3. The van der Waals surface area contributed by atoms with Crippen molar-refractivity contribution in [3.05, 3.63) is 0 Å². The van der Waals surface area contributed by atoms with E-state index >= 15 is 0 Å². The Kier molecular flexibility index (Phi) is 48.1. The fourth-order valence-electron chi connectivity index (χ4n) is 8.82. The van der Waals surface area contributed by atoms with Gasteiger partial charge in [-0.25, -0.2) is 0 Å². The molecule has 0 aromatic carbocycles. The topological polar surface area (TPSA) is 78.9 Å². The smallest absolute Gasteiger partial charge is 0.306 e. The fraction of sp³-hybridized carbons (Fsp3) is 0.948. The normalized spacial score (nSPS) is 12.1. The summed E-state index contributed by atoms with van der Waals surface area (Å²) in [6.45, 7) is 13.7. The van der Waals surface area contributed by atoms with E-state index in [9.17, 15) is 14.4 Å². The van der Waals surface area contributed by atoms with Gasteiger partial charge in [0.1, 0.15) is 13.2 Å². The number of rotatable bonds is 51. The lowest BCUT2D eigenvalue weighted by molar-refractivity contribution is -0.167. The van der Waals surface area contributed by atoms with Crippen LogP contribution in [0.1, 0.15) is 318 Å². The van der Waals surface area contributed by atoms with Gasteiger partial charge >= 0.3 is 17.9 Å². The number of hydrogen-bond acceptors (Lipinski definition) is 6. The number of unbranched alkanes of at least 4 members (excludes halogenated alkanes) is 34. The molecule has 0 aromatic heterocycles. The Balaban J connectivity index is 4.21. The van der Waals surface area contributed by atoms with Gasteiger partial charge in [-0.1, -0.05) is 279 Å². The van der Waals surface area contributed by atoms with Gasteiger partial charge in [-0.15, -0.1) is 0 Å². The Morgan fingerprint density at radius 3 is 0.672 bits per heavy atom. The standard InChI is InChI=1S/C58H112O6/c1-52(2)44-38-32-26-22-18-14-10-7-8-12-17-21-25-29-37-43-49-58(61)64-55(51-63-57(60)48-42-36-31-30-34-40-46-54(5)6)50-62-56(59)47-41-35-28-24-20-16-13-9-11-15-19-23-27-33-39-45-53(3)4/h52-55H,7-51H2,1-6H3/t55-/m1/s1. The highest BCUT2D eigenvalue weighted by molar-refractivity contribution is 5.71. The molecule has 380 valence electrons. The van der Waals surface area contributed by atoms with Crippen molar-refractivity contribution in [3.63, 3.8) is 0 Å². The molecular weight excluding hydrogens is 793 g/mol. The molecule has 0 aliphatic heterocycles. The number of ether oxygens (including phenoxy) is 3. The Morgan fingerprint density at radius 2 is 0.453 bits per heavy atom. The summed E-state index contributed by atoms with van der Waals surface area (Å²) in [6, 6.07) is 0. The molecule has 0 fully saturated rings. The van der Waals surface area contributed by atoms with Gasteiger partial charge in [0.15, 0.2) is 6.10 Å². The van der Waals surface area contributed by atoms with Crippen LogP contribution in [0.2, 0.25) is 0 Å². The highest BCUT2D eigenvalue weighted by Gasteiger charge is 2.19. The minimum Gasteiger partial charge on any atom is -0.462 e. The van der Waals surface area contributed by atoms with E-state index in [1.54, 1.807) is 0 Å². The Hall–Kier alpha value is -1.59. The van der Waals surface area contributed by atoms with Crippen LogP contribution in [0.25, 0.3) is 0 Å². The summed E-state index contributed by atoms with van der Waals surface area (Å²) in [7, 11) is 0. The summed E-state index contributed by atoms with van der Waals surface area (Å²) in [5.41, 5.74) is 0. The van der Waals surface area contributed by atoms with Gasteiger partial charge in [0, 0.05) is 19.3 Å². The molecule has 0 bridgehead atoms. The number of carbonyl (C=O) groups is 3. The van der Waals surface area contributed by atoms with Crippen LogP contribution in [0.4, 0.5) is 0 Å². The lowest BCUT2D eigenvalue weighted by Gasteiger charge is -2.18. The summed E-state index contributed by atoms with van der Waals surface area (Å²) in [6.07, 6.45) is 51.1. The summed E-state index contributed by atoms with van der Waals surface area (Å²) >= 11 is 0. The van der Waals surface area contributed by atoms with Crippen molar-refractivity contribution in [2.75, 3.05) is 13.2 Å². The summed E-state index contributed by atoms with van der Waals surface area (Å²) in [4.78, 5) is 38.0. The molecule has 0 aliphatic rings. The maximum absolute atomic E-state index is 12.8. The Bertz CT molecular complexity index is 991. The number of hydrogen-bond donors (Lipinski definition) is 0. The second-order valence-electron chi connectivity index (χ2n) is 21.4. The van der Waals surface area contributed by atoms with E-state index < -0.39 is 6.10 Å². The first kappa shape index (κ1) is 62.4. The third-order valence-corrected chi connectivity index (χ3v) is 13.1. The molecule has 0 aliphatic carbocycles. The minimum absolute atomic E-state index is 0.0644. The third kappa shape index (κ3) is 51.4. The first-order valence-corrected chi connectivity index (χ1v) is 28.6. The molecule has 0 rings (SSSR count). The number of carbonyl (C=O) groups excluding carboxylic acids is 3. The van der Waals surface area contributed by atoms with Crippen molar-refractivity contribution in [3.8, 4) is 0 Å². The molecule has 0 saturated heterocycles. The molecule has 0 radical (unpaired) electrons. The van der Waals surface area contributed by atoms with Crippen LogP contribution in [-0.2, 0) is 28.6 Å². The minimum atomic E-state index is -0.763. The van der Waals surface area contributed by atoms with Crippen molar-refractivity contribution in [1.29, 1.82) is 0 Å². The maximum Gasteiger partial charge on any atom is 0.306 e. The Labute approximate surface area is 399 Å². The quantitative estimate of drug-likeness (QED) is 0.0344. The van der Waals surface area contributed by atoms with Gasteiger partial charge in [-0.3, -0.25) is 14.4 Å². The predicted molar refractivity (Wildman–Crippen MR) is 275 cm³/mol. The van der Waals surface area contributed by atoms with Crippen molar-refractivity contribution in [2.24, 2.45) is 17.8 Å². The monoisotopic (exact) mass is 905 g/mol. The van der Waals surface area contributed by atoms with Crippen LogP contribution in [-0.4, -0.2) is 37.2 Å². The third-order valence-electron chi connectivity index (χ3n) is 13.1. The summed E-state index contributed by atoms with van der Waals surface area (Å²) < 4.78 is 16.8. The van der Waals surface area contributed by atoms with E-state index in [4.69, 9.17) is 14.2 Å². The van der Waals surface area contributed by atoms with Crippen molar-refractivity contribution >= 4 is 17.9 Å². The molecular formula is C58H112O6. The highest BCUT2D eigenvalue weighted by Crippen LogP contribution is 2.18. The molecule has 0 aromatic rings. The van der Waals surface area contributed by atoms with Gasteiger partial charge in [-0.2, -0.15) is 0 Å². The van der Waals surface area contributed by atoms with Crippen LogP contribution >= 0.6 is 0 Å². The number of esters is 3. The predicted octanol–water partition coefficient (Wildman–Crippen LogP) is 18.7. The zero-order chi connectivity index (χ0) is 47.0. The zero-order valence-electron chi connectivity index (χ0n) is 44.1. The van der Waals surface area contributed by atoms with E-state index in [2.05, 4.69) is 41.5 Å². The maximum atomic E-state index is 12.8. The second-order valence-corrected chi connectivity index (χ2v) is 21.4. The average molecular weight is 906 g/mol. The molecule has 64 heavy (non-hydrogen) atoms. The van der Waals surface area contributed by atoms with Crippen LogP contribution in [0.3, 0.4) is 0 Å². The first-order valence-electron chi connectivity index (χ1n) is 28.6. The zero-order valence-corrected chi connectivity index (χ0v) is 44.1. The SMILES string of the molecule is CC(C)CCCCCCCCCCCCCCCCCCC(=O)O[C@H](COC(=O)CCCCCCCCCCCCCCCCCC(C)C)COC(=O)CCCCCCCCC(C)C. The lowest BCUT2D eigenvalue weighted by Crippen LogP contribution is -2.30. The molecule has 0 unspecified atom stereocenters. The Morgan fingerprint density at radius 1 is 0.266 bits per heavy atom. The average Bonchev–Trinajstić information content (AvgIpc) is 3.25. The largest absolute Gasteiger partial charge is 0.462 e. The van der Waals surface area contributed by atoms with Crippen molar-refractivity contribution in [1.82, 2.24) is 0 Å². The first-order chi connectivity index (χ1) is 31.1. The lowest BCUT2D eigenvalue weighted by atomic mass is 10.0.